The third kappa shape index (κ3) is 5.22. The predicted molar refractivity (Wildman–Crippen MR) is 86.6 cm³/mol. The first-order valence-electron chi connectivity index (χ1n) is 7.15. The summed E-state index contributed by atoms with van der Waals surface area (Å²) in [5.41, 5.74) is 0.657. The van der Waals surface area contributed by atoms with Gasteiger partial charge in [0.2, 0.25) is 5.91 Å². The molecule has 0 aliphatic heterocycles. The van der Waals surface area contributed by atoms with Crippen LogP contribution in [-0.2, 0) is 4.79 Å². The zero-order valence-electron chi connectivity index (χ0n) is 12.4. The topological polar surface area (TPSA) is 44.1 Å². The molecule has 5 heteroatoms. The van der Waals surface area contributed by atoms with Gasteiger partial charge in [-0.25, -0.2) is 0 Å². The summed E-state index contributed by atoms with van der Waals surface area (Å²) < 4.78 is 0. The van der Waals surface area contributed by atoms with Gasteiger partial charge in [0.25, 0.3) is 0 Å². The van der Waals surface area contributed by atoms with Crippen molar-refractivity contribution in [2.24, 2.45) is 0 Å². The van der Waals surface area contributed by atoms with Crippen molar-refractivity contribution in [2.75, 3.05) is 13.1 Å². The number of nitriles is 1. The number of hydrogen-bond donors (Lipinski definition) is 0. The number of rotatable bonds is 7. The van der Waals surface area contributed by atoms with Gasteiger partial charge in [-0.15, -0.1) is 0 Å². The zero-order chi connectivity index (χ0) is 15.8. The molecule has 0 saturated heterocycles. The van der Waals surface area contributed by atoms with Crippen LogP contribution in [0.25, 0.3) is 0 Å². The third-order valence-electron chi connectivity index (χ3n) is 3.21. The van der Waals surface area contributed by atoms with Gasteiger partial charge < -0.3 is 4.90 Å². The van der Waals surface area contributed by atoms with Gasteiger partial charge in [0.1, 0.15) is 0 Å². The molecule has 0 saturated carbocycles. The Labute approximate surface area is 136 Å². The Morgan fingerprint density at radius 2 is 1.90 bits per heavy atom. The fourth-order valence-corrected chi connectivity index (χ4v) is 2.75. The maximum absolute atomic E-state index is 12.3. The van der Waals surface area contributed by atoms with Gasteiger partial charge in [-0.05, 0) is 30.5 Å². The van der Waals surface area contributed by atoms with Crippen molar-refractivity contribution in [2.45, 2.75) is 39.0 Å². The van der Waals surface area contributed by atoms with Gasteiger partial charge in [0.15, 0.2) is 0 Å². The van der Waals surface area contributed by atoms with Gasteiger partial charge in [0.05, 0.1) is 12.0 Å². The minimum atomic E-state index is -0.543. The highest BCUT2D eigenvalue weighted by molar-refractivity contribution is 6.35. The highest BCUT2D eigenvalue weighted by Gasteiger charge is 2.21. The van der Waals surface area contributed by atoms with E-state index in [-0.39, 0.29) is 12.3 Å². The maximum atomic E-state index is 12.3. The van der Waals surface area contributed by atoms with Crippen molar-refractivity contribution in [3.05, 3.63) is 33.8 Å². The summed E-state index contributed by atoms with van der Waals surface area (Å²) in [6, 6.07) is 7.18. The Bertz CT molecular complexity index is 519. The van der Waals surface area contributed by atoms with Crippen molar-refractivity contribution in [3.8, 4) is 6.07 Å². The van der Waals surface area contributed by atoms with Crippen LogP contribution >= 0.6 is 23.2 Å². The molecule has 114 valence electrons. The molecule has 0 bridgehead atoms. The molecule has 0 fully saturated rings. The number of benzene rings is 1. The molecule has 21 heavy (non-hydrogen) atoms. The predicted octanol–water partition coefficient (Wildman–Crippen LogP) is 4.64. The lowest BCUT2D eigenvalue weighted by Gasteiger charge is -2.23. The lowest BCUT2D eigenvalue weighted by atomic mass is 9.96. The molecule has 3 nitrogen and oxygen atoms in total. The SMILES string of the molecule is CCCN(CCC)C(=O)CC(C#N)c1ccc(Cl)cc1Cl. The number of amides is 1. The third-order valence-corrected chi connectivity index (χ3v) is 3.77. The van der Waals surface area contributed by atoms with Crippen LogP contribution in [0.5, 0.6) is 0 Å². The molecule has 0 heterocycles. The van der Waals surface area contributed by atoms with Crippen molar-refractivity contribution in [3.63, 3.8) is 0 Å². The Hall–Kier alpha value is -1.24. The Morgan fingerprint density at radius 1 is 1.29 bits per heavy atom. The van der Waals surface area contributed by atoms with E-state index in [1.807, 2.05) is 18.7 Å². The van der Waals surface area contributed by atoms with Gasteiger partial charge in [-0.2, -0.15) is 5.26 Å². The molecule has 1 aromatic rings. The van der Waals surface area contributed by atoms with Crippen LogP contribution in [0.1, 0.15) is 44.6 Å². The second-order valence-electron chi connectivity index (χ2n) is 4.93. The monoisotopic (exact) mass is 326 g/mol. The van der Waals surface area contributed by atoms with E-state index < -0.39 is 5.92 Å². The summed E-state index contributed by atoms with van der Waals surface area (Å²) in [7, 11) is 0. The van der Waals surface area contributed by atoms with Crippen LogP contribution in [0.15, 0.2) is 18.2 Å². The van der Waals surface area contributed by atoms with Crippen LogP contribution in [0.2, 0.25) is 10.0 Å². The quantitative estimate of drug-likeness (QED) is 0.732. The Kier molecular flexibility index (Phi) is 7.56. The number of halogens is 2. The normalized spacial score (nSPS) is 11.8. The molecular weight excluding hydrogens is 307 g/mol. The second kappa shape index (κ2) is 8.92. The fraction of sp³-hybridized carbons (Fsp3) is 0.500. The molecular formula is C16H20Cl2N2O. The number of hydrogen-bond acceptors (Lipinski definition) is 2. The van der Waals surface area contributed by atoms with Gasteiger partial charge in [-0.3, -0.25) is 4.79 Å². The van der Waals surface area contributed by atoms with Crippen molar-refractivity contribution >= 4 is 29.1 Å². The highest BCUT2D eigenvalue weighted by Crippen LogP contribution is 2.29. The number of carbonyl (C=O) groups is 1. The summed E-state index contributed by atoms with van der Waals surface area (Å²) in [5, 5.41) is 10.3. The van der Waals surface area contributed by atoms with Gasteiger partial charge in [-0.1, -0.05) is 43.1 Å². The Morgan fingerprint density at radius 3 is 2.38 bits per heavy atom. The standard InChI is InChI=1S/C16H20Cl2N2O/c1-3-7-20(8-4-2)16(21)9-12(11-19)14-6-5-13(17)10-15(14)18/h5-6,10,12H,3-4,7-9H2,1-2H3. The van der Waals surface area contributed by atoms with Crippen LogP contribution in [0, 0.1) is 11.3 Å². The van der Waals surface area contributed by atoms with E-state index in [0.29, 0.717) is 15.6 Å². The highest BCUT2D eigenvalue weighted by atomic mass is 35.5. The summed E-state index contributed by atoms with van der Waals surface area (Å²) in [6.45, 7) is 5.51. The lowest BCUT2D eigenvalue weighted by Crippen LogP contribution is -2.33. The zero-order valence-corrected chi connectivity index (χ0v) is 13.9. The number of nitrogens with zero attached hydrogens (tertiary/aromatic N) is 2. The van der Waals surface area contributed by atoms with E-state index in [1.54, 1.807) is 18.2 Å². The van der Waals surface area contributed by atoms with Crippen molar-refractivity contribution in [1.82, 2.24) is 4.90 Å². The summed E-state index contributed by atoms with van der Waals surface area (Å²) in [4.78, 5) is 14.2. The molecule has 1 unspecified atom stereocenters. The summed E-state index contributed by atoms with van der Waals surface area (Å²) in [5.74, 6) is -0.547. The van der Waals surface area contributed by atoms with E-state index >= 15 is 0 Å². The van der Waals surface area contributed by atoms with Crippen molar-refractivity contribution < 1.29 is 4.79 Å². The molecule has 1 amide bonds. The molecule has 1 rings (SSSR count). The van der Waals surface area contributed by atoms with E-state index in [1.165, 1.54) is 0 Å². The average Bonchev–Trinajstić information content (AvgIpc) is 2.45. The van der Waals surface area contributed by atoms with Gasteiger partial charge in [0, 0.05) is 29.6 Å². The Balaban J connectivity index is 2.86. The fourth-order valence-electron chi connectivity index (χ4n) is 2.21. The smallest absolute Gasteiger partial charge is 0.224 e. The van der Waals surface area contributed by atoms with Crippen LogP contribution < -0.4 is 0 Å². The average molecular weight is 327 g/mol. The molecule has 0 N–H and O–H groups in total. The van der Waals surface area contributed by atoms with E-state index in [2.05, 4.69) is 6.07 Å². The summed E-state index contributed by atoms with van der Waals surface area (Å²) in [6.07, 6.45) is 1.97. The first-order valence-corrected chi connectivity index (χ1v) is 7.91. The minimum absolute atomic E-state index is 0.00346. The van der Waals surface area contributed by atoms with Crippen LogP contribution in [-0.4, -0.2) is 23.9 Å². The van der Waals surface area contributed by atoms with Crippen LogP contribution in [0.3, 0.4) is 0 Å². The molecule has 0 aliphatic rings. The molecule has 0 radical (unpaired) electrons. The minimum Gasteiger partial charge on any atom is -0.343 e. The first-order chi connectivity index (χ1) is 10.0. The molecule has 0 aromatic heterocycles. The molecule has 0 spiro atoms. The largest absolute Gasteiger partial charge is 0.343 e. The van der Waals surface area contributed by atoms with E-state index in [0.717, 1.165) is 25.9 Å². The lowest BCUT2D eigenvalue weighted by molar-refractivity contribution is -0.131. The number of carbonyl (C=O) groups excluding carboxylic acids is 1. The molecule has 0 aliphatic carbocycles. The first kappa shape index (κ1) is 17.8. The molecule has 1 atom stereocenters. The van der Waals surface area contributed by atoms with Gasteiger partial charge >= 0.3 is 0 Å². The van der Waals surface area contributed by atoms with Crippen molar-refractivity contribution in [1.29, 1.82) is 5.26 Å². The van der Waals surface area contributed by atoms with Crippen LogP contribution in [0.4, 0.5) is 0 Å². The second-order valence-corrected chi connectivity index (χ2v) is 5.78. The maximum Gasteiger partial charge on any atom is 0.224 e. The van der Waals surface area contributed by atoms with E-state index in [4.69, 9.17) is 23.2 Å². The van der Waals surface area contributed by atoms with E-state index in [9.17, 15) is 10.1 Å². The molecule has 1 aromatic carbocycles. The summed E-state index contributed by atoms with van der Waals surface area (Å²) >= 11 is 12.0.